The molecule has 117 heavy (non-hydrogen) atoms. The minimum atomic E-state index is -1.99. The largest absolute Gasteiger partial charge is 0.394 e. The zero-order valence-electron chi connectivity index (χ0n) is 72.4. The standard InChI is InChI=1S/C98H165NO18/c1-3-5-7-9-11-13-15-17-19-21-23-25-27-29-31-33-35-37-38-39-40-41-42-44-46-48-50-52-54-56-58-60-62-64-66-68-70-72-74-76-86(104)99-81(82(103)75-73-71-69-67-65-63-61-59-57-55-53-51-49-47-45-43-36-34-32-30-28-26-24-22-20-18-16-14-12-10-8-6-4-2)80-112-96-92(110)89(107)94(84(78-101)114-96)117-98-93(111)90(108)95(85(79-102)115-98)116-97-91(109)88(106)87(105)83(77-100)113-97/h5,7,11,13,17,19,23,25,29,31,35,37,39-40,42,44,48,50,54,56-57,59,65,67,73,75,81-85,87-98,100-103,105-111H,3-4,6,8-10,12,14-16,18,20-22,24,26-28,30,32-34,36,38,41,43,45-47,49,51-53,55,58,60-64,66,68-72,74,76-80H2,1-2H3,(H,99,104)/b7-5-,13-11-,19-17-,25-23-,31-29-,37-35-,40-39-,44-42-,50-48-,56-54-,59-57+,67-65+,75-73+. The fourth-order valence-corrected chi connectivity index (χ4v) is 14.5. The van der Waals surface area contributed by atoms with E-state index in [1.54, 1.807) is 6.08 Å². The number of nitrogens with one attached hydrogen (secondary N) is 1. The van der Waals surface area contributed by atoms with E-state index in [4.69, 9.17) is 28.4 Å². The van der Waals surface area contributed by atoms with Crippen LogP contribution in [-0.2, 0) is 33.2 Å². The number of aliphatic hydroxyl groups is 11. The van der Waals surface area contributed by atoms with Crippen LogP contribution >= 0.6 is 0 Å². The third-order valence-electron chi connectivity index (χ3n) is 21.8. The first-order valence-corrected chi connectivity index (χ1v) is 46.2. The van der Waals surface area contributed by atoms with Crippen molar-refractivity contribution in [3.8, 4) is 0 Å². The highest BCUT2D eigenvalue weighted by Gasteiger charge is 2.54. The second-order valence-corrected chi connectivity index (χ2v) is 32.0. The van der Waals surface area contributed by atoms with Crippen LogP contribution in [0, 0.1) is 0 Å². The number of carbonyl (C=O) groups is 1. The Hall–Kier alpha value is -4.59. The summed E-state index contributed by atoms with van der Waals surface area (Å²) in [5.74, 6) is -0.302. The van der Waals surface area contributed by atoms with E-state index in [0.717, 1.165) is 135 Å². The number of aliphatic hydroxyl groups excluding tert-OH is 11. The Balaban J connectivity index is 1.35. The van der Waals surface area contributed by atoms with E-state index in [-0.39, 0.29) is 18.9 Å². The number of carbonyl (C=O) groups excluding carboxylic acids is 1. The van der Waals surface area contributed by atoms with Crippen LogP contribution in [0.3, 0.4) is 0 Å². The van der Waals surface area contributed by atoms with E-state index < -0.39 is 124 Å². The van der Waals surface area contributed by atoms with Crippen molar-refractivity contribution in [2.45, 2.75) is 426 Å². The van der Waals surface area contributed by atoms with Gasteiger partial charge in [0.25, 0.3) is 0 Å². The summed E-state index contributed by atoms with van der Waals surface area (Å²) < 4.78 is 34.5. The number of rotatable bonds is 73. The maximum Gasteiger partial charge on any atom is 0.220 e. The van der Waals surface area contributed by atoms with Gasteiger partial charge in [0.05, 0.1) is 38.6 Å². The fraction of sp³-hybridized carbons (Fsp3) is 0.724. The molecule has 3 heterocycles. The minimum Gasteiger partial charge on any atom is -0.394 e. The molecule has 3 fully saturated rings. The van der Waals surface area contributed by atoms with Crippen molar-refractivity contribution < 1.29 is 89.4 Å². The van der Waals surface area contributed by atoms with Gasteiger partial charge in [0, 0.05) is 6.42 Å². The zero-order chi connectivity index (χ0) is 84.5. The van der Waals surface area contributed by atoms with Gasteiger partial charge >= 0.3 is 0 Å². The highest BCUT2D eigenvalue weighted by Crippen LogP contribution is 2.33. The van der Waals surface area contributed by atoms with Gasteiger partial charge in [0.2, 0.25) is 5.91 Å². The molecule has 0 bridgehead atoms. The molecule has 3 saturated heterocycles. The van der Waals surface area contributed by atoms with Crippen molar-refractivity contribution in [2.24, 2.45) is 0 Å². The first kappa shape index (κ1) is 107. The molecule has 17 atom stereocenters. The average molecular weight is 1650 g/mol. The Morgan fingerprint density at radius 2 is 0.598 bits per heavy atom. The van der Waals surface area contributed by atoms with Gasteiger partial charge in [-0.25, -0.2) is 0 Å². The van der Waals surface area contributed by atoms with E-state index in [1.165, 1.54) is 154 Å². The Morgan fingerprint density at radius 3 is 0.957 bits per heavy atom. The van der Waals surface area contributed by atoms with Crippen molar-refractivity contribution in [3.63, 3.8) is 0 Å². The number of ether oxygens (including phenoxy) is 6. The van der Waals surface area contributed by atoms with E-state index in [2.05, 4.69) is 165 Å². The van der Waals surface area contributed by atoms with Crippen LogP contribution in [-0.4, -0.2) is 193 Å². The summed E-state index contributed by atoms with van der Waals surface area (Å²) in [4.78, 5) is 13.5. The van der Waals surface area contributed by atoms with Crippen molar-refractivity contribution in [1.29, 1.82) is 0 Å². The second kappa shape index (κ2) is 75.2. The lowest BCUT2D eigenvalue weighted by molar-refractivity contribution is -0.379. The Labute approximate surface area is 707 Å². The van der Waals surface area contributed by atoms with Gasteiger partial charge in [-0.3, -0.25) is 4.79 Å². The highest BCUT2D eigenvalue weighted by molar-refractivity contribution is 5.76. The van der Waals surface area contributed by atoms with Crippen molar-refractivity contribution in [3.05, 3.63) is 158 Å². The molecule has 3 aliphatic heterocycles. The number of allylic oxidation sites excluding steroid dienone is 25. The molecule has 12 N–H and O–H groups in total. The van der Waals surface area contributed by atoms with E-state index in [1.807, 2.05) is 6.08 Å². The van der Waals surface area contributed by atoms with Gasteiger partial charge in [-0.1, -0.05) is 352 Å². The lowest BCUT2D eigenvalue weighted by atomic mass is 9.96. The molecule has 19 heteroatoms. The molecular formula is C98H165NO18. The topological polar surface area (TPSA) is 307 Å². The predicted octanol–water partition coefficient (Wildman–Crippen LogP) is 18.3. The van der Waals surface area contributed by atoms with Crippen LogP contribution in [0.5, 0.6) is 0 Å². The summed E-state index contributed by atoms with van der Waals surface area (Å²) in [6.07, 6.45) is 85.3. The van der Waals surface area contributed by atoms with Crippen LogP contribution in [0.15, 0.2) is 158 Å². The second-order valence-electron chi connectivity index (χ2n) is 32.0. The number of unbranched alkanes of at least 4 members (excludes halogenated alkanes) is 33. The first-order chi connectivity index (χ1) is 57.3. The first-order valence-electron chi connectivity index (χ1n) is 46.2. The Kier molecular flexibility index (Phi) is 68.5. The van der Waals surface area contributed by atoms with Crippen LogP contribution in [0.4, 0.5) is 0 Å². The fourth-order valence-electron chi connectivity index (χ4n) is 14.5. The zero-order valence-corrected chi connectivity index (χ0v) is 72.4. The summed E-state index contributed by atoms with van der Waals surface area (Å²) in [7, 11) is 0. The van der Waals surface area contributed by atoms with Gasteiger partial charge in [0.1, 0.15) is 73.2 Å². The summed E-state index contributed by atoms with van der Waals surface area (Å²) >= 11 is 0. The monoisotopic (exact) mass is 1640 g/mol. The maximum atomic E-state index is 13.5. The summed E-state index contributed by atoms with van der Waals surface area (Å²) in [6, 6.07) is -1.02. The van der Waals surface area contributed by atoms with Gasteiger partial charge in [-0.05, 0) is 122 Å². The smallest absolute Gasteiger partial charge is 0.220 e. The molecule has 1 amide bonds. The normalized spacial score (nSPS) is 25.2. The highest BCUT2D eigenvalue weighted by atomic mass is 16.8. The summed E-state index contributed by atoms with van der Waals surface area (Å²) in [5, 5.41) is 121. The molecule has 0 spiro atoms. The van der Waals surface area contributed by atoms with Crippen LogP contribution in [0.25, 0.3) is 0 Å². The van der Waals surface area contributed by atoms with Gasteiger partial charge < -0.3 is 89.9 Å². The lowest BCUT2D eigenvalue weighted by Gasteiger charge is -2.48. The van der Waals surface area contributed by atoms with E-state index >= 15 is 0 Å². The van der Waals surface area contributed by atoms with E-state index in [0.29, 0.717) is 12.8 Å². The lowest BCUT2D eigenvalue weighted by Crippen LogP contribution is -2.66. The van der Waals surface area contributed by atoms with Crippen LogP contribution in [0.1, 0.15) is 322 Å². The van der Waals surface area contributed by atoms with Crippen LogP contribution in [0.2, 0.25) is 0 Å². The molecule has 19 nitrogen and oxygen atoms in total. The van der Waals surface area contributed by atoms with Crippen molar-refractivity contribution in [2.75, 3.05) is 26.4 Å². The maximum absolute atomic E-state index is 13.5. The molecule has 17 unspecified atom stereocenters. The van der Waals surface area contributed by atoms with Crippen LogP contribution < -0.4 is 5.32 Å². The molecule has 0 aromatic heterocycles. The molecule has 0 aromatic carbocycles. The van der Waals surface area contributed by atoms with Gasteiger partial charge in [-0.15, -0.1) is 0 Å². The third kappa shape index (κ3) is 53.1. The average Bonchev–Trinajstić information content (AvgIpc) is 0.777. The molecule has 3 rings (SSSR count). The van der Waals surface area contributed by atoms with Gasteiger partial charge in [0.15, 0.2) is 18.9 Å². The number of hydrogen-bond acceptors (Lipinski definition) is 18. The molecule has 0 aromatic rings. The molecule has 670 valence electrons. The Morgan fingerprint density at radius 1 is 0.316 bits per heavy atom. The van der Waals surface area contributed by atoms with Gasteiger partial charge in [-0.2, -0.15) is 0 Å². The SMILES string of the molecule is CC/C=C\C/C=C\C/C=C\C/C=C\C/C=C\C/C=C\C/C=C\C/C=C\C/C=C\C/C=C\CCCCCCCCCCC(=O)NC(COC1OC(CO)C(OC2OC(CO)C(OC3OC(CO)C(O)C(O)C3O)C(O)C2O)C(O)C1O)C(O)/C=C/CC/C=C/CC/C=C/CCCCCCCCCCCCCCCCCCCCCCCCC. The number of amides is 1. The predicted molar refractivity (Wildman–Crippen MR) is 475 cm³/mol. The van der Waals surface area contributed by atoms with E-state index in [9.17, 15) is 61.0 Å². The van der Waals surface area contributed by atoms with Crippen molar-refractivity contribution >= 4 is 5.91 Å². The summed E-state index contributed by atoms with van der Waals surface area (Å²) in [6.45, 7) is 1.61. The molecular weight excluding hydrogens is 1480 g/mol. The molecule has 0 aliphatic carbocycles. The molecule has 0 radical (unpaired) electrons. The minimum absolute atomic E-state index is 0.212. The van der Waals surface area contributed by atoms with Crippen molar-refractivity contribution in [1.82, 2.24) is 5.32 Å². The molecule has 3 aliphatic rings. The summed E-state index contributed by atoms with van der Waals surface area (Å²) in [5.41, 5.74) is 0. The Bertz CT molecular complexity index is 2730. The number of hydrogen-bond donors (Lipinski definition) is 12. The quantitative estimate of drug-likeness (QED) is 0.0199. The molecule has 0 saturated carbocycles. The third-order valence-corrected chi connectivity index (χ3v) is 21.8.